The van der Waals surface area contributed by atoms with Crippen LogP contribution >= 0.6 is 0 Å². The van der Waals surface area contributed by atoms with Gasteiger partial charge in [-0.25, -0.2) is 4.98 Å². The predicted molar refractivity (Wildman–Crippen MR) is 82.5 cm³/mol. The maximum atomic E-state index is 11.4. The van der Waals surface area contributed by atoms with E-state index in [4.69, 9.17) is 10.5 Å². The van der Waals surface area contributed by atoms with Crippen LogP contribution in [0.3, 0.4) is 0 Å². The molecule has 0 aliphatic rings. The molecule has 1 amide bonds. The summed E-state index contributed by atoms with van der Waals surface area (Å²) in [7, 11) is 0. The molecule has 0 bridgehead atoms. The standard InChI is InChI=1S/C16H19N3O2/c1-11-4-3-5-14(12(11)2)21-16-7-6-13(10-18-16)19-15(20)8-9-17/h3-7,10H,8-9,17H2,1-2H3,(H,19,20). The highest BCUT2D eigenvalue weighted by atomic mass is 16.5. The highest BCUT2D eigenvalue weighted by molar-refractivity contribution is 5.90. The topological polar surface area (TPSA) is 77.2 Å². The molecular formula is C16H19N3O2. The van der Waals surface area contributed by atoms with Crippen LogP contribution in [0.2, 0.25) is 0 Å². The number of benzene rings is 1. The number of hydrogen-bond acceptors (Lipinski definition) is 4. The lowest BCUT2D eigenvalue weighted by atomic mass is 10.1. The molecule has 5 heteroatoms. The van der Waals surface area contributed by atoms with Crippen molar-refractivity contribution in [2.45, 2.75) is 20.3 Å². The zero-order valence-electron chi connectivity index (χ0n) is 12.2. The normalized spacial score (nSPS) is 10.2. The Morgan fingerprint density at radius 1 is 1.29 bits per heavy atom. The van der Waals surface area contributed by atoms with Gasteiger partial charge in [0.2, 0.25) is 11.8 Å². The van der Waals surface area contributed by atoms with Gasteiger partial charge in [0.1, 0.15) is 5.75 Å². The third-order valence-electron chi connectivity index (χ3n) is 3.16. The van der Waals surface area contributed by atoms with Gasteiger partial charge in [-0.3, -0.25) is 4.79 Å². The summed E-state index contributed by atoms with van der Waals surface area (Å²) >= 11 is 0. The van der Waals surface area contributed by atoms with E-state index in [-0.39, 0.29) is 5.91 Å². The zero-order valence-corrected chi connectivity index (χ0v) is 12.2. The highest BCUT2D eigenvalue weighted by Gasteiger charge is 2.05. The van der Waals surface area contributed by atoms with E-state index in [9.17, 15) is 4.79 Å². The Bertz CT molecular complexity index is 624. The number of ether oxygens (including phenoxy) is 1. The number of nitrogens with one attached hydrogen (secondary N) is 1. The van der Waals surface area contributed by atoms with Gasteiger partial charge in [-0.05, 0) is 37.1 Å². The summed E-state index contributed by atoms with van der Waals surface area (Å²) in [6.07, 6.45) is 1.86. The molecule has 0 atom stereocenters. The fraction of sp³-hybridized carbons (Fsp3) is 0.250. The minimum absolute atomic E-state index is 0.123. The van der Waals surface area contributed by atoms with Gasteiger partial charge >= 0.3 is 0 Å². The number of pyridine rings is 1. The average molecular weight is 285 g/mol. The Morgan fingerprint density at radius 3 is 2.76 bits per heavy atom. The van der Waals surface area contributed by atoms with Gasteiger partial charge in [-0.2, -0.15) is 0 Å². The van der Waals surface area contributed by atoms with Crippen LogP contribution in [0.1, 0.15) is 17.5 Å². The van der Waals surface area contributed by atoms with E-state index in [0.717, 1.165) is 16.9 Å². The van der Waals surface area contributed by atoms with E-state index in [1.165, 1.54) is 0 Å². The summed E-state index contributed by atoms with van der Waals surface area (Å²) in [5.41, 5.74) is 8.20. The van der Waals surface area contributed by atoms with Gasteiger partial charge in [0.15, 0.2) is 0 Å². The number of aryl methyl sites for hydroxylation is 1. The minimum atomic E-state index is -0.123. The van der Waals surface area contributed by atoms with Crippen LogP contribution in [0.15, 0.2) is 36.5 Å². The molecule has 0 aliphatic heterocycles. The maximum absolute atomic E-state index is 11.4. The van der Waals surface area contributed by atoms with Gasteiger partial charge < -0.3 is 15.8 Å². The molecule has 0 aliphatic carbocycles. The monoisotopic (exact) mass is 285 g/mol. The first-order chi connectivity index (χ1) is 10.1. The van der Waals surface area contributed by atoms with Gasteiger partial charge in [0.25, 0.3) is 0 Å². The molecular weight excluding hydrogens is 266 g/mol. The summed E-state index contributed by atoms with van der Waals surface area (Å²) in [5, 5.41) is 2.72. The van der Waals surface area contributed by atoms with Crippen LogP contribution in [0.4, 0.5) is 5.69 Å². The lowest BCUT2D eigenvalue weighted by Crippen LogP contribution is -2.16. The van der Waals surface area contributed by atoms with Crippen molar-refractivity contribution in [1.82, 2.24) is 4.98 Å². The molecule has 0 radical (unpaired) electrons. The van der Waals surface area contributed by atoms with Crippen molar-refractivity contribution < 1.29 is 9.53 Å². The van der Waals surface area contributed by atoms with Gasteiger partial charge in [-0.1, -0.05) is 12.1 Å². The lowest BCUT2D eigenvalue weighted by Gasteiger charge is -2.10. The smallest absolute Gasteiger partial charge is 0.225 e. The number of rotatable bonds is 5. The van der Waals surface area contributed by atoms with E-state index in [1.807, 2.05) is 32.0 Å². The number of anilines is 1. The number of amides is 1. The maximum Gasteiger partial charge on any atom is 0.225 e. The fourth-order valence-corrected chi connectivity index (χ4v) is 1.82. The molecule has 0 saturated heterocycles. The van der Waals surface area contributed by atoms with Crippen molar-refractivity contribution in [1.29, 1.82) is 0 Å². The van der Waals surface area contributed by atoms with E-state index in [0.29, 0.717) is 24.5 Å². The van der Waals surface area contributed by atoms with Crippen LogP contribution in [0.25, 0.3) is 0 Å². The van der Waals surface area contributed by atoms with Crippen LogP contribution in [-0.4, -0.2) is 17.4 Å². The van der Waals surface area contributed by atoms with Crippen molar-refractivity contribution in [2.24, 2.45) is 5.73 Å². The number of nitrogens with two attached hydrogens (primary N) is 1. The lowest BCUT2D eigenvalue weighted by molar-refractivity contribution is -0.116. The SMILES string of the molecule is Cc1cccc(Oc2ccc(NC(=O)CCN)cn2)c1C. The molecule has 0 unspecified atom stereocenters. The van der Waals surface area contributed by atoms with Crippen molar-refractivity contribution in [3.63, 3.8) is 0 Å². The average Bonchev–Trinajstić information content (AvgIpc) is 2.46. The van der Waals surface area contributed by atoms with Crippen LogP contribution in [0, 0.1) is 13.8 Å². The second-order valence-corrected chi connectivity index (χ2v) is 4.77. The summed E-state index contributed by atoms with van der Waals surface area (Å²) in [4.78, 5) is 15.6. The van der Waals surface area contributed by atoms with Gasteiger partial charge in [0.05, 0.1) is 11.9 Å². The van der Waals surface area contributed by atoms with Crippen molar-refractivity contribution >= 4 is 11.6 Å². The van der Waals surface area contributed by atoms with Crippen molar-refractivity contribution in [3.05, 3.63) is 47.7 Å². The Hall–Kier alpha value is -2.40. The largest absolute Gasteiger partial charge is 0.439 e. The van der Waals surface area contributed by atoms with Crippen LogP contribution < -0.4 is 15.8 Å². The summed E-state index contributed by atoms with van der Waals surface area (Å²) in [6.45, 7) is 4.37. The van der Waals surface area contributed by atoms with E-state index >= 15 is 0 Å². The molecule has 1 aromatic carbocycles. The number of carbonyl (C=O) groups excluding carboxylic acids is 1. The fourth-order valence-electron chi connectivity index (χ4n) is 1.82. The Morgan fingerprint density at radius 2 is 2.10 bits per heavy atom. The molecule has 2 aromatic rings. The van der Waals surface area contributed by atoms with E-state index in [2.05, 4.69) is 10.3 Å². The Kier molecular flexibility index (Phi) is 4.90. The molecule has 1 aromatic heterocycles. The molecule has 3 N–H and O–H groups in total. The third-order valence-corrected chi connectivity index (χ3v) is 3.16. The molecule has 1 heterocycles. The first-order valence-corrected chi connectivity index (χ1v) is 6.80. The summed E-state index contributed by atoms with van der Waals surface area (Å²) < 4.78 is 5.75. The van der Waals surface area contributed by atoms with Crippen LogP contribution in [-0.2, 0) is 4.79 Å². The van der Waals surface area contributed by atoms with Gasteiger partial charge in [0, 0.05) is 19.0 Å². The molecule has 5 nitrogen and oxygen atoms in total. The van der Waals surface area contributed by atoms with E-state index < -0.39 is 0 Å². The Balaban J connectivity index is 2.05. The van der Waals surface area contributed by atoms with Crippen molar-refractivity contribution in [3.8, 4) is 11.6 Å². The third kappa shape index (κ3) is 4.03. The molecule has 0 fully saturated rings. The number of carbonyl (C=O) groups is 1. The predicted octanol–water partition coefficient (Wildman–Crippen LogP) is 2.78. The van der Waals surface area contributed by atoms with E-state index in [1.54, 1.807) is 18.3 Å². The molecule has 21 heavy (non-hydrogen) atoms. The van der Waals surface area contributed by atoms with Crippen molar-refractivity contribution in [2.75, 3.05) is 11.9 Å². The molecule has 0 spiro atoms. The molecule has 0 saturated carbocycles. The summed E-state index contributed by atoms with van der Waals surface area (Å²) in [5.74, 6) is 1.14. The Labute approximate surface area is 124 Å². The number of nitrogens with zero attached hydrogens (tertiary/aromatic N) is 1. The minimum Gasteiger partial charge on any atom is -0.439 e. The first kappa shape index (κ1) is 15.0. The number of aromatic nitrogens is 1. The number of hydrogen-bond donors (Lipinski definition) is 2. The molecule has 2 rings (SSSR count). The highest BCUT2D eigenvalue weighted by Crippen LogP contribution is 2.26. The second kappa shape index (κ2) is 6.85. The zero-order chi connectivity index (χ0) is 15.2. The second-order valence-electron chi connectivity index (χ2n) is 4.77. The molecule has 110 valence electrons. The van der Waals surface area contributed by atoms with Gasteiger partial charge in [-0.15, -0.1) is 0 Å². The summed E-state index contributed by atoms with van der Waals surface area (Å²) in [6, 6.07) is 9.35. The first-order valence-electron chi connectivity index (χ1n) is 6.80. The quantitative estimate of drug-likeness (QED) is 0.885. The van der Waals surface area contributed by atoms with Crippen LogP contribution in [0.5, 0.6) is 11.6 Å².